The number of nitrogens with zero attached hydrogens (tertiary/aromatic N) is 2. The van der Waals surface area contributed by atoms with Crippen molar-refractivity contribution >= 4 is 27.5 Å². The second kappa shape index (κ2) is 14.1. The molecule has 4 atom stereocenters. The van der Waals surface area contributed by atoms with Crippen molar-refractivity contribution in [2.75, 3.05) is 32.8 Å². The van der Waals surface area contributed by atoms with Crippen molar-refractivity contribution < 1.29 is 38.2 Å². The number of Topliss-reactive ketones (excluding diaryl/α,β-unsaturated/α-hetero) is 2. The van der Waals surface area contributed by atoms with Crippen molar-refractivity contribution in [1.29, 1.82) is 0 Å². The van der Waals surface area contributed by atoms with E-state index in [2.05, 4.69) is 52.1 Å². The van der Waals surface area contributed by atoms with E-state index in [0.717, 1.165) is 38.5 Å². The van der Waals surface area contributed by atoms with Crippen molar-refractivity contribution in [2.24, 2.45) is 17.3 Å². The average Bonchev–Trinajstić information content (AvgIpc) is 3.73. The molecule has 0 bridgehead atoms. The maximum Gasteiger partial charge on any atom is 0.265 e. The molecule has 2 heterocycles. The third-order valence-corrected chi connectivity index (χ3v) is 11.3. The number of rotatable bonds is 12. The first-order valence-electron chi connectivity index (χ1n) is 17.8. The van der Waals surface area contributed by atoms with Gasteiger partial charge in [0.2, 0.25) is 5.78 Å². The molecule has 12 heteroatoms. The number of likely N-dealkylation sites (tertiary alicyclic amines) is 1. The number of hydrogen-bond donors (Lipinski definition) is 3. The third kappa shape index (κ3) is 6.25. The van der Waals surface area contributed by atoms with Crippen LogP contribution in [0.3, 0.4) is 0 Å². The van der Waals surface area contributed by atoms with Gasteiger partial charge in [-0.1, -0.05) is 47.5 Å². The van der Waals surface area contributed by atoms with Gasteiger partial charge < -0.3 is 29.5 Å². The van der Waals surface area contributed by atoms with Gasteiger partial charge in [-0.25, -0.2) is 4.39 Å². The molecule has 49 heavy (non-hydrogen) atoms. The monoisotopic (exact) mass is 745 g/mol. The average molecular weight is 747 g/mol. The van der Waals surface area contributed by atoms with E-state index in [0.29, 0.717) is 48.6 Å². The van der Waals surface area contributed by atoms with E-state index in [1.54, 1.807) is 0 Å². The van der Waals surface area contributed by atoms with Crippen LogP contribution < -0.4 is 14.8 Å². The predicted molar refractivity (Wildman–Crippen MR) is 185 cm³/mol. The fourth-order valence-electron chi connectivity index (χ4n) is 7.96. The van der Waals surface area contributed by atoms with E-state index in [1.807, 2.05) is 13.8 Å². The van der Waals surface area contributed by atoms with Crippen molar-refractivity contribution in [3.63, 3.8) is 0 Å². The number of nitrogens with one attached hydrogen (secondary N) is 1. The molecule has 1 fully saturated rings. The Balaban J connectivity index is 1.47. The largest absolute Gasteiger partial charge is 0.508 e. The number of aliphatic hydroxyl groups excluding tert-OH is 1. The van der Waals surface area contributed by atoms with Crippen LogP contribution in [0.1, 0.15) is 123 Å². The maximum atomic E-state index is 16.6. The number of aliphatic hydroxyl groups is 2. The van der Waals surface area contributed by atoms with Gasteiger partial charge in [-0.3, -0.25) is 14.5 Å². The molecule has 0 spiro atoms. The van der Waals surface area contributed by atoms with E-state index in [4.69, 9.17) is 14.0 Å². The lowest BCUT2D eigenvalue weighted by molar-refractivity contribution is -0.0600. The number of aromatic nitrogens is 1. The highest BCUT2D eigenvalue weighted by molar-refractivity contribution is 9.10. The molecular weight excluding hydrogens is 697 g/mol. The van der Waals surface area contributed by atoms with Crippen molar-refractivity contribution in [3.8, 4) is 11.6 Å². The molecule has 0 amide bonds. The first-order chi connectivity index (χ1) is 23.3. The SMILES string of the molecule is CCCCOc1noc2c1C(=O)[C@@]1(O)C(O)=C3C(=O)c4c(c(F)c(CNCC(C)(C)C)c(Br)c4OCCCC)C[C@H]3C[C@H]1[C@@H]2N1CCCC1. The standard InChI is InChI=1S/C37H49BrFN3O7/c1-6-8-14-47-31-25-21(28(39)22(27(31)38)18-40-19-36(3,4)5)16-20-17-23-29(42-12-10-11-13-42)32-26(35(41-49-32)48-15-9-7-2)34(45)37(23,46)33(44)24(20)30(25)43/h20,23,29,40,44,46H,6-19H2,1-5H3/t20-,23-,29-,37-/m0/s1. The van der Waals surface area contributed by atoms with E-state index in [9.17, 15) is 19.8 Å². The molecule has 6 rings (SSSR count). The fraction of sp³-hybridized carbons (Fsp3) is 0.649. The number of carbonyl (C=O) groups excluding carboxylic acids is 2. The highest BCUT2D eigenvalue weighted by Crippen LogP contribution is 2.57. The van der Waals surface area contributed by atoms with Crippen molar-refractivity contribution in [3.05, 3.63) is 49.6 Å². The Morgan fingerprint density at radius 2 is 1.78 bits per heavy atom. The summed E-state index contributed by atoms with van der Waals surface area (Å²) in [6, 6.07) is -0.601. The minimum atomic E-state index is -2.43. The number of benzene rings is 1. The molecule has 0 radical (unpaired) electrons. The lowest BCUT2D eigenvalue weighted by atomic mass is 9.58. The Morgan fingerprint density at radius 3 is 2.43 bits per heavy atom. The molecule has 1 saturated heterocycles. The van der Waals surface area contributed by atoms with Crippen LogP contribution in [0.4, 0.5) is 4.39 Å². The number of carbonyl (C=O) groups is 2. The number of ketones is 2. The quantitative estimate of drug-likeness (QED) is 0.195. The molecule has 2 aromatic rings. The summed E-state index contributed by atoms with van der Waals surface area (Å²) in [4.78, 5) is 31.1. The second-order valence-electron chi connectivity index (χ2n) is 15.2. The summed E-state index contributed by atoms with van der Waals surface area (Å²) < 4.78 is 34.9. The van der Waals surface area contributed by atoms with Gasteiger partial charge in [0.15, 0.2) is 17.1 Å². The molecule has 268 valence electrons. The number of ether oxygens (including phenoxy) is 2. The Hall–Kier alpha value is -2.80. The van der Waals surface area contributed by atoms with E-state index in [-0.39, 0.29) is 58.7 Å². The smallest absolute Gasteiger partial charge is 0.265 e. The molecule has 4 aliphatic rings. The highest BCUT2D eigenvalue weighted by Gasteiger charge is 2.64. The molecule has 1 aromatic carbocycles. The van der Waals surface area contributed by atoms with E-state index < -0.39 is 46.6 Å². The van der Waals surface area contributed by atoms with Gasteiger partial charge in [0.05, 0.1) is 29.3 Å². The second-order valence-corrected chi connectivity index (χ2v) is 16.0. The zero-order valence-corrected chi connectivity index (χ0v) is 30.8. The zero-order chi connectivity index (χ0) is 35.2. The van der Waals surface area contributed by atoms with Crippen LogP contribution in [-0.4, -0.2) is 70.3 Å². The lowest BCUT2D eigenvalue weighted by Crippen LogP contribution is -2.59. The zero-order valence-electron chi connectivity index (χ0n) is 29.2. The predicted octanol–water partition coefficient (Wildman–Crippen LogP) is 7.02. The Bertz CT molecular complexity index is 1640. The summed E-state index contributed by atoms with van der Waals surface area (Å²) in [5, 5.41) is 32.0. The summed E-state index contributed by atoms with van der Waals surface area (Å²) >= 11 is 3.57. The molecule has 0 saturated carbocycles. The van der Waals surface area contributed by atoms with Crippen LogP contribution in [0.25, 0.3) is 0 Å². The molecule has 10 nitrogen and oxygen atoms in total. The summed E-state index contributed by atoms with van der Waals surface area (Å²) in [5.41, 5.74) is -1.90. The van der Waals surface area contributed by atoms with Crippen LogP contribution in [0.5, 0.6) is 11.6 Å². The van der Waals surface area contributed by atoms with Gasteiger partial charge in [-0.15, -0.1) is 0 Å². The molecule has 0 unspecified atom stereocenters. The van der Waals surface area contributed by atoms with Crippen molar-refractivity contribution in [1.82, 2.24) is 15.4 Å². The van der Waals surface area contributed by atoms with Gasteiger partial charge >= 0.3 is 0 Å². The first-order valence-corrected chi connectivity index (χ1v) is 18.6. The minimum absolute atomic E-state index is 0.00536. The topological polar surface area (TPSA) is 134 Å². The number of fused-ring (bicyclic) bond motifs is 4. The van der Waals surface area contributed by atoms with Crippen LogP contribution in [0, 0.1) is 23.1 Å². The molecule has 3 aliphatic carbocycles. The van der Waals surface area contributed by atoms with Crippen molar-refractivity contribution in [2.45, 2.75) is 104 Å². The van der Waals surface area contributed by atoms with E-state index in [1.165, 1.54) is 0 Å². The van der Waals surface area contributed by atoms with Gasteiger partial charge in [0, 0.05) is 35.7 Å². The minimum Gasteiger partial charge on any atom is -0.508 e. The summed E-state index contributed by atoms with van der Waals surface area (Å²) in [6.45, 7) is 13.2. The van der Waals surface area contributed by atoms with E-state index >= 15 is 4.39 Å². The van der Waals surface area contributed by atoms with Crippen LogP contribution >= 0.6 is 15.9 Å². The van der Waals surface area contributed by atoms with Crippen LogP contribution in [0.2, 0.25) is 0 Å². The van der Waals surface area contributed by atoms with Gasteiger partial charge in [0.25, 0.3) is 5.88 Å². The Labute approximate surface area is 295 Å². The third-order valence-electron chi connectivity index (χ3n) is 10.4. The van der Waals surface area contributed by atoms with Gasteiger partial charge in [-0.05, 0) is 84.0 Å². The molecular formula is C37H49BrFN3O7. The lowest BCUT2D eigenvalue weighted by Gasteiger charge is -2.50. The number of unbranched alkanes of at least 4 members (excludes halogenated alkanes) is 2. The van der Waals surface area contributed by atoms with Crippen LogP contribution in [-0.2, 0) is 13.0 Å². The summed E-state index contributed by atoms with van der Waals surface area (Å²) in [5.74, 6) is -3.64. The molecule has 1 aromatic heterocycles. The molecule has 1 aliphatic heterocycles. The van der Waals surface area contributed by atoms with Gasteiger partial charge in [0.1, 0.15) is 22.9 Å². The van der Waals surface area contributed by atoms with Crippen LogP contribution in [0.15, 0.2) is 20.3 Å². The Kier molecular flexibility index (Phi) is 10.3. The number of halogens is 2. The first kappa shape index (κ1) is 36.0. The summed E-state index contributed by atoms with van der Waals surface area (Å²) in [6.07, 6.45) is 5.27. The van der Waals surface area contributed by atoms with Gasteiger partial charge in [-0.2, -0.15) is 0 Å². The number of hydrogen-bond acceptors (Lipinski definition) is 10. The fourth-order valence-corrected chi connectivity index (χ4v) is 8.59. The Morgan fingerprint density at radius 1 is 1.10 bits per heavy atom. The highest BCUT2D eigenvalue weighted by atomic mass is 79.9. The maximum absolute atomic E-state index is 16.6. The normalized spacial score (nSPS) is 25.3. The summed E-state index contributed by atoms with van der Waals surface area (Å²) in [7, 11) is 0. The number of allylic oxidation sites excluding steroid dienone is 1. The molecule has 3 N–H and O–H groups in total.